The van der Waals surface area contributed by atoms with Crippen LogP contribution in [0, 0.1) is 0 Å². The monoisotopic (exact) mass is 585 g/mol. The van der Waals surface area contributed by atoms with Crippen LogP contribution in [0.3, 0.4) is 0 Å². The summed E-state index contributed by atoms with van der Waals surface area (Å²) in [5.74, 6) is 0. The lowest BCUT2D eigenvalue weighted by molar-refractivity contribution is 0.669. The minimum Gasteiger partial charge on any atom is -0.456 e. The summed E-state index contributed by atoms with van der Waals surface area (Å²) in [5, 5.41) is 3.52. The molecule has 0 atom stereocenters. The zero-order chi connectivity index (χ0) is 41.1. The van der Waals surface area contributed by atoms with Crippen LogP contribution < -0.4 is 0 Å². The van der Waals surface area contributed by atoms with Gasteiger partial charge in [-0.05, 0) is 90.3 Å². The standard InChI is InChI=1S/C44H28O/c1-2-11-29(12-3-1)30-21-23-31(24-22-30)43-36-16-4-6-18-38(36)44(39-19-7-5-17-37(39)43)34-14-10-13-32(27-34)33-25-26-42-40(28-33)35-15-8-9-20-41(35)45-42/h1-28H/i1D,2D,3D,10D,11D,12D,13D,14D,21D,22D,23D,24D,27D. The first-order chi connectivity index (χ1) is 27.7. The molecule has 0 radical (unpaired) electrons. The lowest BCUT2D eigenvalue weighted by atomic mass is 9.85. The average Bonchev–Trinajstić information content (AvgIpc) is 3.60. The Hall–Kier alpha value is -5.92. The van der Waals surface area contributed by atoms with E-state index < -0.39 is 65.5 Å². The molecule has 45 heavy (non-hydrogen) atoms. The lowest BCUT2D eigenvalue weighted by Gasteiger charge is -2.18. The van der Waals surface area contributed by atoms with Crippen LogP contribution in [-0.2, 0) is 0 Å². The minimum absolute atomic E-state index is 0.0914. The maximum absolute atomic E-state index is 9.68. The third-order valence-electron chi connectivity index (χ3n) is 8.10. The van der Waals surface area contributed by atoms with E-state index in [1.54, 1.807) is 60.7 Å². The van der Waals surface area contributed by atoms with Crippen LogP contribution in [0.15, 0.2) is 174 Å². The highest BCUT2D eigenvalue weighted by Crippen LogP contribution is 2.44. The third-order valence-corrected chi connectivity index (χ3v) is 8.10. The summed E-state index contributed by atoms with van der Waals surface area (Å²) in [6.07, 6.45) is 0. The summed E-state index contributed by atoms with van der Waals surface area (Å²) in [5.41, 5.74) is 1.83. The number of rotatable bonds is 4. The van der Waals surface area contributed by atoms with E-state index >= 15 is 0 Å². The van der Waals surface area contributed by atoms with Crippen molar-refractivity contribution in [1.29, 1.82) is 0 Å². The maximum Gasteiger partial charge on any atom is 0.135 e. The van der Waals surface area contributed by atoms with Crippen molar-refractivity contribution in [3.63, 3.8) is 0 Å². The molecule has 0 saturated carbocycles. The maximum atomic E-state index is 9.68. The Balaban J connectivity index is 1.35. The van der Waals surface area contributed by atoms with Crippen molar-refractivity contribution in [3.8, 4) is 44.5 Å². The zero-order valence-electron chi connectivity index (χ0n) is 36.6. The fraction of sp³-hybridized carbons (Fsp3) is 0. The van der Waals surface area contributed by atoms with Crippen molar-refractivity contribution in [3.05, 3.63) is 170 Å². The second-order valence-corrected chi connectivity index (χ2v) is 10.7. The predicted octanol–water partition coefficient (Wildman–Crippen LogP) is 12.6. The van der Waals surface area contributed by atoms with Crippen molar-refractivity contribution in [1.82, 2.24) is 0 Å². The van der Waals surface area contributed by atoms with Crippen molar-refractivity contribution in [2.45, 2.75) is 0 Å². The van der Waals surface area contributed by atoms with E-state index in [9.17, 15) is 5.48 Å². The fourth-order valence-corrected chi connectivity index (χ4v) is 6.10. The predicted molar refractivity (Wildman–Crippen MR) is 190 cm³/mol. The molecule has 0 aliphatic carbocycles. The summed E-state index contributed by atoms with van der Waals surface area (Å²) in [6, 6.07) is 20.3. The Kier molecular flexibility index (Phi) is 3.62. The molecule has 1 aromatic heterocycles. The van der Waals surface area contributed by atoms with Gasteiger partial charge in [0.1, 0.15) is 11.2 Å². The highest BCUT2D eigenvalue weighted by molar-refractivity contribution is 6.21. The molecule has 210 valence electrons. The first kappa shape index (κ1) is 15.7. The summed E-state index contributed by atoms with van der Waals surface area (Å²) in [6.45, 7) is 0. The Labute approximate surface area is 279 Å². The van der Waals surface area contributed by atoms with Crippen LogP contribution >= 0.6 is 0 Å². The molecule has 0 aliphatic heterocycles. The molecule has 1 heterocycles. The fourth-order valence-electron chi connectivity index (χ4n) is 6.10. The molecule has 0 N–H and O–H groups in total. The van der Waals surface area contributed by atoms with Crippen LogP contribution in [0.1, 0.15) is 17.8 Å². The van der Waals surface area contributed by atoms with Gasteiger partial charge in [0.05, 0.1) is 17.8 Å². The van der Waals surface area contributed by atoms with Gasteiger partial charge < -0.3 is 4.42 Å². The van der Waals surface area contributed by atoms with Gasteiger partial charge in [0.2, 0.25) is 0 Å². The van der Waals surface area contributed by atoms with Gasteiger partial charge in [0.25, 0.3) is 0 Å². The van der Waals surface area contributed by atoms with Crippen molar-refractivity contribution >= 4 is 43.5 Å². The molecule has 0 fully saturated rings. The van der Waals surface area contributed by atoms with E-state index in [1.807, 2.05) is 30.3 Å². The molecule has 0 unspecified atom stereocenters. The van der Waals surface area contributed by atoms with E-state index in [1.165, 1.54) is 0 Å². The molecule has 8 aromatic carbocycles. The first-order valence-electron chi connectivity index (χ1n) is 20.9. The van der Waals surface area contributed by atoms with Gasteiger partial charge >= 0.3 is 0 Å². The first-order valence-corrected chi connectivity index (χ1v) is 14.4. The zero-order valence-corrected chi connectivity index (χ0v) is 23.6. The number of furan rings is 1. The number of benzene rings is 8. The Morgan fingerprint density at radius 1 is 0.356 bits per heavy atom. The van der Waals surface area contributed by atoms with E-state index in [4.69, 9.17) is 16.8 Å². The third kappa shape index (κ3) is 4.24. The minimum atomic E-state index is -0.667. The van der Waals surface area contributed by atoms with Crippen molar-refractivity contribution < 1.29 is 22.2 Å². The van der Waals surface area contributed by atoms with E-state index in [0.29, 0.717) is 49.4 Å². The van der Waals surface area contributed by atoms with Gasteiger partial charge in [-0.1, -0.05) is 145 Å². The van der Waals surface area contributed by atoms with Crippen LogP contribution in [0.4, 0.5) is 0 Å². The van der Waals surface area contributed by atoms with Crippen LogP contribution in [0.5, 0.6) is 0 Å². The summed E-state index contributed by atoms with van der Waals surface area (Å²) in [7, 11) is 0. The van der Waals surface area contributed by atoms with Gasteiger partial charge in [0, 0.05) is 10.8 Å². The molecule has 1 heteroatoms. The molecule has 0 bridgehead atoms. The average molecular weight is 586 g/mol. The number of para-hydroxylation sites is 1. The van der Waals surface area contributed by atoms with E-state index in [-0.39, 0.29) is 40.9 Å². The summed E-state index contributed by atoms with van der Waals surface area (Å²) in [4.78, 5) is 0. The largest absolute Gasteiger partial charge is 0.456 e. The Morgan fingerprint density at radius 3 is 1.56 bits per heavy atom. The normalized spacial score (nSPS) is 15.6. The van der Waals surface area contributed by atoms with Gasteiger partial charge in [0.15, 0.2) is 0 Å². The van der Waals surface area contributed by atoms with E-state index in [0.717, 1.165) is 10.8 Å². The quantitative estimate of drug-likeness (QED) is 0.187. The van der Waals surface area contributed by atoms with Crippen molar-refractivity contribution in [2.24, 2.45) is 0 Å². The summed E-state index contributed by atoms with van der Waals surface area (Å²) >= 11 is 0. The SMILES string of the molecule is [2H]c1c([2H])c([2H])c(-c2c([2H])c([2H])c(-c3c4ccccc4c(-c4c([2H])c([2H])c([2H])c(-c5ccc6oc7ccccc7c6c5)c4[2H])c4ccccc34)c([2H])c2[2H])c([2H])c1[2H]. The topological polar surface area (TPSA) is 13.1 Å². The molecular weight excluding hydrogens is 544 g/mol. The molecule has 9 rings (SSSR count). The van der Waals surface area contributed by atoms with E-state index in [2.05, 4.69) is 0 Å². The lowest BCUT2D eigenvalue weighted by Crippen LogP contribution is -1.91. The molecular formula is C44H28O. The molecule has 0 aliphatic rings. The molecule has 9 aromatic rings. The summed E-state index contributed by atoms with van der Waals surface area (Å²) < 4.78 is 121. The second-order valence-electron chi connectivity index (χ2n) is 10.7. The number of fused-ring (bicyclic) bond motifs is 5. The number of hydrogen-bond donors (Lipinski definition) is 0. The van der Waals surface area contributed by atoms with Gasteiger partial charge in [-0.25, -0.2) is 0 Å². The van der Waals surface area contributed by atoms with Gasteiger partial charge in [-0.3, -0.25) is 0 Å². The molecule has 0 spiro atoms. The van der Waals surface area contributed by atoms with Crippen molar-refractivity contribution in [2.75, 3.05) is 0 Å². The van der Waals surface area contributed by atoms with Gasteiger partial charge in [-0.15, -0.1) is 0 Å². The Bertz CT molecular complexity index is 3160. The molecule has 0 saturated heterocycles. The van der Waals surface area contributed by atoms with Gasteiger partial charge in [-0.2, -0.15) is 0 Å². The van der Waals surface area contributed by atoms with Crippen LogP contribution in [0.2, 0.25) is 0 Å². The smallest absolute Gasteiger partial charge is 0.135 e. The molecule has 1 nitrogen and oxygen atoms in total. The Morgan fingerprint density at radius 2 is 0.867 bits per heavy atom. The number of hydrogen-bond acceptors (Lipinski definition) is 1. The highest BCUT2D eigenvalue weighted by Gasteiger charge is 2.17. The van der Waals surface area contributed by atoms with Crippen LogP contribution in [-0.4, -0.2) is 0 Å². The second kappa shape index (κ2) is 10.4. The van der Waals surface area contributed by atoms with Crippen LogP contribution in [0.25, 0.3) is 88.0 Å². The highest BCUT2D eigenvalue weighted by atomic mass is 16.3. The molecule has 0 amide bonds.